The molecule has 0 unspecified atom stereocenters. The lowest BCUT2D eigenvalue weighted by atomic mass is 10.1. The van der Waals surface area contributed by atoms with E-state index in [1.165, 1.54) is 0 Å². The second kappa shape index (κ2) is 7.96. The normalized spacial score (nSPS) is 22.2. The van der Waals surface area contributed by atoms with Crippen molar-refractivity contribution in [2.75, 3.05) is 13.1 Å². The molecule has 1 fully saturated rings. The van der Waals surface area contributed by atoms with Gasteiger partial charge < -0.3 is 15.4 Å². The van der Waals surface area contributed by atoms with E-state index in [0.29, 0.717) is 19.5 Å². The minimum atomic E-state index is -0.904. The third-order valence-corrected chi connectivity index (χ3v) is 2.83. The monoisotopic (exact) mass is 288 g/mol. The molecule has 106 valence electrons. The van der Waals surface area contributed by atoms with E-state index in [1.807, 2.05) is 30.3 Å². The number of hydrogen-bond acceptors (Lipinski definition) is 3. The molecule has 1 aromatic carbocycles. The van der Waals surface area contributed by atoms with Crippen LogP contribution < -0.4 is 10.6 Å². The van der Waals surface area contributed by atoms with Crippen molar-refractivity contribution in [2.45, 2.75) is 25.2 Å². The number of ether oxygens (including phenoxy) is 1. The summed E-state index contributed by atoms with van der Waals surface area (Å²) in [4.78, 5) is 11.5. The summed E-state index contributed by atoms with van der Waals surface area (Å²) in [7, 11) is 0. The molecule has 0 spiro atoms. The molecule has 0 bridgehead atoms. The second-order valence-electron chi connectivity index (χ2n) is 4.39. The van der Waals surface area contributed by atoms with E-state index in [0.717, 1.165) is 5.56 Å². The Balaban J connectivity index is 0.00000180. The van der Waals surface area contributed by atoms with E-state index < -0.39 is 12.3 Å². The lowest BCUT2D eigenvalue weighted by Gasteiger charge is -2.26. The largest absolute Gasteiger partial charge is 0.445 e. The van der Waals surface area contributed by atoms with E-state index in [4.69, 9.17) is 4.74 Å². The predicted molar refractivity (Wildman–Crippen MR) is 73.2 cm³/mol. The van der Waals surface area contributed by atoms with Crippen molar-refractivity contribution in [3.63, 3.8) is 0 Å². The molecule has 19 heavy (non-hydrogen) atoms. The number of piperidine rings is 1. The Hall–Kier alpha value is -1.33. The van der Waals surface area contributed by atoms with E-state index in [1.54, 1.807) is 0 Å². The molecule has 0 aliphatic carbocycles. The molecule has 2 N–H and O–H groups in total. The third kappa shape index (κ3) is 5.44. The highest BCUT2D eigenvalue weighted by atomic mass is 35.5. The van der Waals surface area contributed by atoms with Gasteiger partial charge >= 0.3 is 6.09 Å². The number of carbonyl (C=O) groups excluding carboxylic acids is 1. The van der Waals surface area contributed by atoms with Crippen molar-refractivity contribution in [2.24, 2.45) is 0 Å². The third-order valence-electron chi connectivity index (χ3n) is 2.83. The van der Waals surface area contributed by atoms with E-state index in [9.17, 15) is 9.18 Å². The van der Waals surface area contributed by atoms with Gasteiger partial charge in [-0.25, -0.2) is 9.18 Å². The molecule has 4 nitrogen and oxygen atoms in total. The fraction of sp³-hybridized carbons (Fsp3) is 0.462. The first-order valence-electron chi connectivity index (χ1n) is 6.06. The number of carbonyl (C=O) groups is 1. The van der Waals surface area contributed by atoms with Crippen LogP contribution in [0.5, 0.6) is 0 Å². The highest BCUT2D eigenvalue weighted by Crippen LogP contribution is 2.07. The summed E-state index contributed by atoms with van der Waals surface area (Å²) in [5, 5.41) is 5.57. The molecule has 2 rings (SSSR count). The quantitative estimate of drug-likeness (QED) is 0.895. The number of halogens is 2. The van der Waals surface area contributed by atoms with Gasteiger partial charge in [0, 0.05) is 25.6 Å². The van der Waals surface area contributed by atoms with Gasteiger partial charge in [-0.05, 0) is 5.56 Å². The van der Waals surface area contributed by atoms with Crippen molar-refractivity contribution in [1.82, 2.24) is 10.6 Å². The van der Waals surface area contributed by atoms with Gasteiger partial charge in [0.2, 0.25) is 0 Å². The average Bonchev–Trinajstić information content (AvgIpc) is 2.38. The number of nitrogens with one attached hydrogen (secondary N) is 2. The summed E-state index contributed by atoms with van der Waals surface area (Å²) in [5.41, 5.74) is 0.929. The van der Waals surface area contributed by atoms with Crippen molar-refractivity contribution in [3.05, 3.63) is 35.9 Å². The second-order valence-corrected chi connectivity index (χ2v) is 4.39. The first-order valence-corrected chi connectivity index (χ1v) is 6.06. The van der Waals surface area contributed by atoms with Gasteiger partial charge in [-0.3, -0.25) is 0 Å². The molecule has 1 aromatic rings. The zero-order valence-electron chi connectivity index (χ0n) is 10.5. The van der Waals surface area contributed by atoms with E-state index >= 15 is 0 Å². The van der Waals surface area contributed by atoms with Crippen LogP contribution in [0.15, 0.2) is 30.3 Å². The minimum Gasteiger partial charge on any atom is -0.445 e. The van der Waals surface area contributed by atoms with Gasteiger partial charge in [0.05, 0.1) is 0 Å². The predicted octanol–water partition coefficient (Wildman–Crippen LogP) is 2.03. The number of alkyl carbamates (subject to hydrolysis) is 1. The van der Waals surface area contributed by atoms with Crippen molar-refractivity contribution in [3.8, 4) is 0 Å². The minimum absolute atomic E-state index is 0. The van der Waals surface area contributed by atoms with Crippen molar-refractivity contribution in [1.29, 1.82) is 0 Å². The van der Waals surface area contributed by atoms with Crippen LogP contribution in [0.4, 0.5) is 9.18 Å². The van der Waals surface area contributed by atoms with E-state index in [-0.39, 0.29) is 25.1 Å². The molecule has 0 radical (unpaired) electrons. The topological polar surface area (TPSA) is 50.4 Å². The molecule has 6 heteroatoms. The Labute approximate surface area is 118 Å². The number of benzene rings is 1. The molecular weight excluding hydrogens is 271 g/mol. The summed E-state index contributed by atoms with van der Waals surface area (Å²) >= 11 is 0. The van der Waals surface area contributed by atoms with Crippen LogP contribution in [0.25, 0.3) is 0 Å². The summed E-state index contributed by atoms with van der Waals surface area (Å²) < 4.78 is 18.1. The van der Waals surface area contributed by atoms with Gasteiger partial charge in [-0.15, -0.1) is 12.4 Å². The molecule has 0 aromatic heterocycles. The van der Waals surface area contributed by atoms with Crippen molar-refractivity contribution >= 4 is 18.5 Å². The van der Waals surface area contributed by atoms with Crippen LogP contribution >= 0.6 is 12.4 Å². The number of rotatable bonds is 3. The number of amides is 1. The zero-order chi connectivity index (χ0) is 12.8. The van der Waals surface area contributed by atoms with Gasteiger partial charge in [0.1, 0.15) is 12.8 Å². The molecule has 1 heterocycles. The maximum absolute atomic E-state index is 13.1. The molecule has 1 aliphatic heterocycles. The Morgan fingerprint density at radius 2 is 2.11 bits per heavy atom. The van der Waals surface area contributed by atoms with Gasteiger partial charge in [-0.2, -0.15) is 0 Å². The van der Waals surface area contributed by atoms with Crippen LogP contribution in [-0.4, -0.2) is 31.4 Å². The Morgan fingerprint density at radius 1 is 1.37 bits per heavy atom. The standard InChI is InChI=1S/C13H17FN2O2.ClH/c14-11-6-12(8-15-7-11)16-13(17)18-9-10-4-2-1-3-5-10;/h1-5,11-12,15H,6-9H2,(H,16,17);1H/t11-,12-;/m0./s1. The van der Waals surface area contributed by atoms with Crippen LogP contribution in [0.2, 0.25) is 0 Å². The molecule has 1 aliphatic rings. The van der Waals surface area contributed by atoms with Gasteiger partial charge in [0.15, 0.2) is 0 Å². The Morgan fingerprint density at radius 3 is 2.79 bits per heavy atom. The molecular formula is C13H18ClFN2O2. The van der Waals surface area contributed by atoms with Crippen LogP contribution in [-0.2, 0) is 11.3 Å². The fourth-order valence-corrected chi connectivity index (χ4v) is 1.93. The number of hydrogen-bond donors (Lipinski definition) is 2. The molecule has 0 saturated carbocycles. The lowest BCUT2D eigenvalue weighted by Crippen LogP contribution is -2.49. The van der Waals surface area contributed by atoms with Crippen molar-refractivity contribution < 1.29 is 13.9 Å². The van der Waals surface area contributed by atoms with E-state index in [2.05, 4.69) is 10.6 Å². The first-order chi connectivity index (χ1) is 8.74. The zero-order valence-corrected chi connectivity index (χ0v) is 11.3. The number of alkyl halides is 1. The van der Waals surface area contributed by atoms with Gasteiger partial charge in [0.25, 0.3) is 0 Å². The summed E-state index contributed by atoms with van der Waals surface area (Å²) in [6, 6.07) is 9.24. The van der Waals surface area contributed by atoms with Gasteiger partial charge in [-0.1, -0.05) is 30.3 Å². The highest BCUT2D eigenvalue weighted by molar-refractivity contribution is 5.85. The molecule has 1 saturated heterocycles. The maximum Gasteiger partial charge on any atom is 0.407 e. The SMILES string of the molecule is Cl.O=C(N[C@@H]1CNC[C@@H](F)C1)OCc1ccccc1. The van der Waals surface area contributed by atoms with Crippen LogP contribution in [0.3, 0.4) is 0 Å². The Kier molecular flexibility index (Phi) is 6.59. The smallest absolute Gasteiger partial charge is 0.407 e. The summed E-state index contributed by atoms with van der Waals surface area (Å²) in [6.45, 7) is 1.17. The van der Waals surface area contributed by atoms with Crippen LogP contribution in [0.1, 0.15) is 12.0 Å². The lowest BCUT2D eigenvalue weighted by molar-refractivity contribution is 0.129. The Bertz CT molecular complexity index is 391. The highest BCUT2D eigenvalue weighted by Gasteiger charge is 2.22. The summed E-state index contributed by atoms with van der Waals surface area (Å²) in [6.07, 6.45) is -1.06. The molecule has 2 atom stereocenters. The first kappa shape index (κ1) is 15.7. The molecule has 1 amide bonds. The average molecular weight is 289 g/mol. The fourth-order valence-electron chi connectivity index (χ4n) is 1.93. The van der Waals surface area contributed by atoms with Crippen LogP contribution in [0, 0.1) is 0 Å². The summed E-state index contributed by atoms with van der Waals surface area (Å²) in [5.74, 6) is 0. The maximum atomic E-state index is 13.1.